The fourth-order valence-electron chi connectivity index (χ4n) is 0.607. The van der Waals surface area contributed by atoms with Crippen LogP contribution in [0.15, 0.2) is 0 Å². The number of carbonyl (C=O) groups excluding carboxylic acids is 1. The van der Waals surface area contributed by atoms with E-state index in [1.165, 1.54) is 0 Å². The quantitative estimate of drug-likeness (QED) is 0.753. The fraction of sp³-hybridized carbons (Fsp3) is 0.500. The van der Waals surface area contributed by atoms with Gasteiger partial charge in [-0.15, -0.1) is 0 Å². The van der Waals surface area contributed by atoms with Crippen molar-refractivity contribution in [2.24, 2.45) is 0 Å². The number of hydrogen-bond acceptors (Lipinski definition) is 4. The van der Waals surface area contributed by atoms with Crippen LogP contribution in [0.4, 0.5) is 9.36 Å². The summed E-state index contributed by atoms with van der Waals surface area (Å²) in [4.78, 5) is 10.9. The van der Waals surface area contributed by atoms with E-state index in [1.54, 1.807) is 13.8 Å². The normalized spacial score (nSPS) is 9.50. The molecule has 1 rings (SSSR count). The number of anilines is 1. The first-order chi connectivity index (χ1) is 5.74. The summed E-state index contributed by atoms with van der Waals surface area (Å²) in [6.07, 6.45) is -0.430. The van der Waals surface area contributed by atoms with Crippen molar-refractivity contribution in [1.29, 1.82) is 0 Å². The summed E-state index contributed by atoms with van der Waals surface area (Å²) in [5, 5.41) is 6.38. The van der Waals surface area contributed by atoms with Crippen molar-refractivity contribution in [2.75, 3.05) is 11.9 Å². The fourth-order valence-corrected chi connectivity index (χ4v) is 1.75. The molecular weight excluding hydrogens is 225 g/mol. The molecule has 1 amide bonds. The zero-order valence-electron chi connectivity index (χ0n) is 6.83. The van der Waals surface area contributed by atoms with E-state index >= 15 is 0 Å². The Labute approximate surface area is 76.1 Å². The van der Waals surface area contributed by atoms with Gasteiger partial charge in [0.2, 0.25) is 0 Å². The molecule has 0 aromatic carbocycles. The van der Waals surface area contributed by atoms with Crippen LogP contribution in [0, 0.1) is 6.92 Å². The van der Waals surface area contributed by atoms with Gasteiger partial charge in [-0.3, -0.25) is 0 Å². The van der Waals surface area contributed by atoms with Crippen LogP contribution in [0.1, 0.15) is 12.6 Å². The van der Waals surface area contributed by atoms with E-state index in [2.05, 4.69) is 14.5 Å². The molecule has 12 heavy (non-hydrogen) atoms. The van der Waals surface area contributed by atoms with E-state index in [9.17, 15) is 4.79 Å². The van der Waals surface area contributed by atoms with E-state index in [0.29, 0.717) is 6.61 Å². The predicted molar refractivity (Wildman–Crippen MR) is 44.4 cm³/mol. The van der Waals surface area contributed by atoms with Crippen molar-refractivity contribution >= 4 is 25.4 Å². The average Bonchev–Trinajstić information content (AvgIpc) is 2.37. The number of nitrogens with one attached hydrogen (secondary N) is 1. The summed E-state index contributed by atoms with van der Waals surface area (Å²) in [5.41, 5.74) is 0.767. The molecule has 0 aliphatic rings. The van der Waals surface area contributed by atoms with Gasteiger partial charge in [-0.1, -0.05) is 0 Å². The van der Waals surface area contributed by atoms with Gasteiger partial charge in [-0.05, 0) is 0 Å². The van der Waals surface area contributed by atoms with Crippen molar-refractivity contribution in [2.45, 2.75) is 13.8 Å². The van der Waals surface area contributed by atoms with E-state index < -0.39 is 6.09 Å². The number of rotatable bonds is 2. The summed E-state index contributed by atoms with van der Waals surface area (Å²) in [6, 6.07) is 0. The topological polar surface area (TPSA) is 64.1 Å². The Morgan fingerprint density at radius 1 is 1.75 bits per heavy atom. The molecule has 0 aliphatic carbocycles. The van der Waals surface area contributed by atoms with Gasteiger partial charge in [0.05, 0.1) is 0 Å². The molecule has 0 fully saturated rings. The summed E-state index contributed by atoms with van der Waals surface area (Å²) in [7, 11) is 0. The van der Waals surface area contributed by atoms with Crippen molar-refractivity contribution in [3.8, 4) is 0 Å². The Kier molecular flexibility index (Phi) is 3.25. The van der Waals surface area contributed by atoms with E-state index in [4.69, 9.17) is 4.74 Å². The Morgan fingerprint density at radius 2 is 2.50 bits per heavy atom. The summed E-state index contributed by atoms with van der Waals surface area (Å²) in [6.45, 7) is 3.94. The van der Waals surface area contributed by atoms with E-state index in [1.807, 2.05) is 0 Å². The van der Waals surface area contributed by atoms with Crippen molar-refractivity contribution in [3.05, 3.63) is 5.69 Å². The third-order valence-electron chi connectivity index (χ3n) is 1.14. The zero-order valence-corrected chi connectivity index (χ0v) is 8.54. The van der Waals surface area contributed by atoms with Crippen LogP contribution in [0.2, 0.25) is 0 Å². The van der Waals surface area contributed by atoms with Crippen molar-refractivity contribution in [3.63, 3.8) is 0 Å². The second-order valence-corrected chi connectivity index (χ2v) is 3.62. The average molecular weight is 234 g/mol. The maximum atomic E-state index is 10.9. The molecule has 5 nitrogen and oxygen atoms in total. The number of carbonyl (C=O) groups is 1. The molecule has 6 heteroatoms. The molecule has 1 aromatic heterocycles. The first-order valence-electron chi connectivity index (χ1n) is 3.46. The molecule has 0 bridgehead atoms. The molecule has 66 valence electrons. The summed E-state index contributed by atoms with van der Waals surface area (Å²) >= 11 is -0.0865. The third kappa shape index (κ3) is 2.32. The molecule has 0 saturated carbocycles. The van der Waals surface area contributed by atoms with Gasteiger partial charge in [0.1, 0.15) is 0 Å². The second kappa shape index (κ2) is 4.23. The van der Waals surface area contributed by atoms with Crippen LogP contribution in [0.5, 0.6) is 0 Å². The third-order valence-corrected chi connectivity index (χ3v) is 2.70. The van der Waals surface area contributed by atoms with Gasteiger partial charge >= 0.3 is 75.6 Å². The first-order valence-corrected chi connectivity index (χ1v) is 5.09. The zero-order chi connectivity index (χ0) is 8.97. The van der Waals surface area contributed by atoms with Gasteiger partial charge in [0.15, 0.2) is 0 Å². The molecule has 0 unspecified atom stereocenters. The molecule has 1 aromatic rings. The molecule has 0 atom stereocenters. The molecular formula is C6H9N3O2Se. The number of aromatic nitrogens is 2. The Hall–Kier alpha value is -0.871. The summed E-state index contributed by atoms with van der Waals surface area (Å²) in [5.74, 6) is 0. The predicted octanol–water partition coefficient (Wildman–Crippen LogP) is 0.410. The molecule has 0 spiro atoms. The monoisotopic (exact) mass is 235 g/mol. The molecule has 1 heterocycles. The number of hydrogen-bond donors (Lipinski definition) is 1. The minimum absolute atomic E-state index is 0.0865. The van der Waals surface area contributed by atoms with E-state index in [0.717, 1.165) is 10.3 Å². The molecule has 1 N–H and O–H groups in total. The van der Waals surface area contributed by atoms with Gasteiger partial charge in [-0.25, -0.2) is 0 Å². The van der Waals surface area contributed by atoms with Crippen LogP contribution >= 0.6 is 0 Å². The van der Waals surface area contributed by atoms with Crippen LogP contribution in [0.3, 0.4) is 0 Å². The Bertz CT molecular complexity index is 274. The van der Waals surface area contributed by atoms with Crippen LogP contribution in [-0.4, -0.2) is 36.6 Å². The number of ether oxygens (including phenoxy) is 1. The van der Waals surface area contributed by atoms with Gasteiger partial charge in [-0.2, -0.15) is 0 Å². The Morgan fingerprint density at radius 3 is 3.00 bits per heavy atom. The Balaban J connectivity index is 2.52. The summed E-state index contributed by atoms with van der Waals surface area (Å²) < 4.78 is 9.28. The maximum absolute atomic E-state index is 10.9. The van der Waals surface area contributed by atoms with E-state index in [-0.39, 0.29) is 14.7 Å². The molecule has 0 saturated heterocycles. The minimum atomic E-state index is -0.430. The standard InChI is InChI=1S/C6H9N3O2Se/c1-3-11-6(10)7-5-4(2)8-9-12-5/h3H2,1-2H3,(H,7,10). The van der Waals surface area contributed by atoms with Crippen LogP contribution < -0.4 is 5.32 Å². The molecule has 0 aliphatic heterocycles. The number of amides is 1. The van der Waals surface area contributed by atoms with Crippen LogP contribution in [0.25, 0.3) is 0 Å². The second-order valence-electron chi connectivity index (χ2n) is 2.03. The van der Waals surface area contributed by atoms with Crippen LogP contribution in [-0.2, 0) is 4.74 Å². The van der Waals surface area contributed by atoms with Gasteiger partial charge in [0.25, 0.3) is 0 Å². The van der Waals surface area contributed by atoms with Crippen molar-refractivity contribution in [1.82, 2.24) is 9.19 Å². The van der Waals surface area contributed by atoms with Gasteiger partial charge in [0, 0.05) is 0 Å². The number of nitrogens with zero attached hydrogens (tertiary/aromatic N) is 2. The first kappa shape index (κ1) is 9.22. The number of aryl methyl sites for hydroxylation is 1. The SMILES string of the molecule is CCOC(=O)Nc1[se]nnc1C. The molecule has 0 radical (unpaired) electrons. The van der Waals surface area contributed by atoms with Crippen molar-refractivity contribution < 1.29 is 9.53 Å². The van der Waals surface area contributed by atoms with Gasteiger partial charge < -0.3 is 0 Å².